The van der Waals surface area contributed by atoms with Crippen LogP contribution in [0.4, 0.5) is 10.1 Å². The van der Waals surface area contributed by atoms with Crippen LogP contribution < -0.4 is 24.6 Å². The number of nitrogens with zero attached hydrogens (tertiary/aromatic N) is 5. The molecule has 5 aromatic rings. The molecule has 8 rings (SSSR count). The van der Waals surface area contributed by atoms with Crippen molar-refractivity contribution >= 4 is 22.6 Å². The lowest BCUT2D eigenvalue weighted by atomic mass is 9.59. The van der Waals surface area contributed by atoms with Crippen LogP contribution in [-0.4, -0.2) is 88.9 Å². The second kappa shape index (κ2) is 15.7. The average Bonchev–Trinajstić information content (AvgIpc) is 3.58. The predicted octanol–water partition coefficient (Wildman–Crippen LogP) is 7.46. The van der Waals surface area contributed by atoms with Crippen LogP contribution >= 0.6 is 0 Å². The fourth-order valence-electron chi connectivity index (χ4n) is 9.15. The van der Waals surface area contributed by atoms with Gasteiger partial charge in [-0.1, -0.05) is 38.1 Å². The molecular weight excluding hydrogens is 714 g/mol. The van der Waals surface area contributed by atoms with Crippen molar-refractivity contribution in [3.63, 3.8) is 0 Å². The van der Waals surface area contributed by atoms with E-state index in [0.717, 1.165) is 57.8 Å². The van der Waals surface area contributed by atoms with Crippen molar-refractivity contribution in [3.05, 3.63) is 101 Å². The third kappa shape index (κ3) is 7.38. The summed E-state index contributed by atoms with van der Waals surface area (Å²) in [6.07, 6.45) is 7.53. The minimum atomic E-state index is -0.724. The quantitative estimate of drug-likeness (QED) is 0.0922. The molecule has 2 saturated heterocycles. The molecule has 0 radical (unpaired) electrons. The summed E-state index contributed by atoms with van der Waals surface area (Å²) in [7, 11) is 3.11. The number of aromatic nitrogens is 3. The first-order chi connectivity index (χ1) is 27.2. The van der Waals surface area contributed by atoms with Crippen molar-refractivity contribution in [3.8, 4) is 23.3 Å². The summed E-state index contributed by atoms with van der Waals surface area (Å²) in [6.45, 7) is 10.2. The zero-order chi connectivity index (χ0) is 39.0. The number of halogens is 1. The van der Waals surface area contributed by atoms with Crippen LogP contribution in [0.3, 0.4) is 0 Å². The van der Waals surface area contributed by atoms with Crippen molar-refractivity contribution in [1.29, 1.82) is 0 Å². The van der Waals surface area contributed by atoms with E-state index in [0.29, 0.717) is 34.9 Å². The maximum absolute atomic E-state index is 14.5. The van der Waals surface area contributed by atoms with Gasteiger partial charge in [-0.3, -0.25) is 19.8 Å². The fourth-order valence-corrected chi connectivity index (χ4v) is 9.15. The Morgan fingerprint density at radius 3 is 2.57 bits per heavy atom. The number of hydrogen-bond donors (Lipinski definition) is 3. The van der Waals surface area contributed by atoms with Gasteiger partial charge in [0, 0.05) is 87.6 Å². The maximum atomic E-state index is 14.5. The number of nitrogens with one attached hydrogen (secondary N) is 2. The topological polar surface area (TPSA) is 128 Å². The molecule has 2 aliphatic heterocycles. The lowest BCUT2D eigenvalue weighted by molar-refractivity contribution is -0.0628. The van der Waals surface area contributed by atoms with Crippen molar-refractivity contribution < 1.29 is 28.6 Å². The highest BCUT2D eigenvalue weighted by molar-refractivity contribution is 5.97. The molecule has 1 atom stereocenters. The largest absolute Gasteiger partial charge is 0.481 e. The highest BCUT2D eigenvalue weighted by Crippen LogP contribution is 2.53. The molecule has 0 unspecified atom stereocenters. The number of carbonyl (C=O) groups is 1. The van der Waals surface area contributed by atoms with Gasteiger partial charge in [0.1, 0.15) is 17.2 Å². The number of amides is 1. The first-order valence-electron chi connectivity index (χ1n) is 19.5. The standard InChI is InChI=1S/C43H50FN7O5/c1-27(2)31-7-5-6-8-32(31)36-26-49(25-28-11-14-45-39(19-28)54-3)17-18-51(36)30-22-43(23-30)12-15-50(16-13-43)29-9-10-33(41(52)48-53)37(20-29)56-38-21-34-35(44)24-46-40(34)47-42(38)55-4/h5-11,14,19-21,24,27,30,36,53H,12-13,15-18,22-23,25-26H2,1-4H3,(H,46,47)(H,48,52)/t36-/m0/s1. The van der Waals surface area contributed by atoms with Gasteiger partial charge in [-0.15, -0.1) is 0 Å². The molecule has 5 heterocycles. The number of carbonyl (C=O) groups excluding carboxylic acids is 1. The molecule has 1 spiro atoms. The van der Waals surface area contributed by atoms with Crippen molar-refractivity contribution in [2.24, 2.45) is 5.41 Å². The first kappa shape index (κ1) is 37.7. The van der Waals surface area contributed by atoms with E-state index in [9.17, 15) is 14.4 Å². The van der Waals surface area contributed by atoms with E-state index >= 15 is 0 Å². The van der Waals surface area contributed by atoms with Gasteiger partial charge in [0.05, 0.1) is 25.2 Å². The molecule has 12 nitrogen and oxygen atoms in total. The minimum absolute atomic E-state index is 0.123. The van der Waals surface area contributed by atoms with Gasteiger partial charge < -0.3 is 24.1 Å². The number of aromatic amines is 1. The van der Waals surface area contributed by atoms with Crippen LogP contribution in [0.2, 0.25) is 0 Å². The number of methoxy groups -OCH3 is 2. The van der Waals surface area contributed by atoms with Crippen molar-refractivity contribution in [1.82, 2.24) is 30.2 Å². The number of pyridine rings is 2. The summed E-state index contributed by atoms with van der Waals surface area (Å²) in [5.41, 5.74) is 7.42. The minimum Gasteiger partial charge on any atom is -0.481 e. The fraction of sp³-hybridized carbons (Fsp3) is 0.419. The number of hydrogen-bond acceptors (Lipinski definition) is 10. The average molecular weight is 764 g/mol. The van der Waals surface area contributed by atoms with Gasteiger partial charge >= 0.3 is 0 Å². The molecule has 1 amide bonds. The Kier molecular flexibility index (Phi) is 10.6. The van der Waals surface area contributed by atoms with E-state index in [1.54, 1.807) is 24.7 Å². The van der Waals surface area contributed by atoms with E-state index in [2.05, 4.69) is 73.8 Å². The van der Waals surface area contributed by atoms with Gasteiger partial charge in [0.25, 0.3) is 11.8 Å². The molecule has 0 bridgehead atoms. The number of rotatable bonds is 11. The molecule has 1 saturated carbocycles. The number of H-pyrrole nitrogens is 1. The van der Waals surface area contributed by atoms with E-state index < -0.39 is 11.7 Å². The number of fused-ring (bicyclic) bond motifs is 1. The number of anilines is 1. The first-order valence-corrected chi connectivity index (χ1v) is 19.5. The van der Waals surface area contributed by atoms with Gasteiger partial charge in [-0.25, -0.2) is 14.9 Å². The second-order valence-corrected chi connectivity index (χ2v) is 15.8. The summed E-state index contributed by atoms with van der Waals surface area (Å²) in [4.78, 5) is 31.8. The van der Waals surface area contributed by atoms with Gasteiger partial charge in [-0.05, 0) is 71.9 Å². The summed E-state index contributed by atoms with van der Waals surface area (Å²) in [5, 5.41) is 9.73. The Morgan fingerprint density at radius 2 is 1.82 bits per heavy atom. The molecule has 3 fully saturated rings. The molecule has 294 valence electrons. The highest BCUT2D eigenvalue weighted by Gasteiger charge is 2.50. The smallest absolute Gasteiger partial charge is 0.278 e. The Labute approximate surface area is 326 Å². The monoisotopic (exact) mass is 763 g/mol. The zero-order valence-electron chi connectivity index (χ0n) is 32.4. The number of hydroxylamine groups is 1. The summed E-state index contributed by atoms with van der Waals surface area (Å²) >= 11 is 0. The summed E-state index contributed by atoms with van der Waals surface area (Å²) in [5.74, 6) is 0.353. The Bertz CT molecular complexity index is 2190. The zero-order valence-corrected chi connectivity index (χ0v) is 32.4. The Balaban J connectivity index is 0.968. The molecule has 3 aromatic heterocycles. The van der Waals surface area contributed by atoms with Gasteiger partial charge in [-0.2, -0.15) is 4.98 Å². The number of benzene rings is 2. The Hall–Kier alpha value is -5.24. The Morgan fingerprint density at radius 1 is 1.02 bits per heavy atom. The molecule has 1 aliphatic carbocycles. The third-order valence-corrected chi connectivity index (χ3v) is 12.2. The van der Waals surface area contributed by atoms with Crippen LogP contribution in [0.15, 0.2) is 73.1 Å². The lowest BCUT2D eigenvalue weighted by Crippen LogP contribution is -2.60. The highest BCUT2D eigenvalue weighted by atomic mass is 19.1. The van der Waals surface area contributed by atoms with Crippen LogP contribution in [0.25, 0.3) is 11.0 Å². The van der Waals surface area contributed by atoms with E-state index in [-0.39, 0.29) is 28.3 Å². The molecular formula is C43H50FN7O5. The summed E-state index contributed by atoms with van der Waals surface area (Å²) in [6, 6.07) is 20.8. The lowest BCUT2D eigenvalue weighted by Gasteiger charge is -2.58. The predicted molar refractivity (Wildman–Crippen MR) is 211 cm³/mol. The van der Waals surface area contributed by atoms with E-state index in [1.807, 2.05) is 18.3 Å². The molecule has 13 heteroatoms. The van der Waals surface area contributed by atoms with E-state index in [4.69, 9.17) is 14.2 Å². The second-order valence-electron chi connectivity index (χ2n) is 15.8. The maximum Gasteiger partial charge on any atom is 0.278 e. The van der Waals surface area contributed by atoms with Crippen molar-refractivity contribution in [2.45, 2.75) is 64.1 Å². The molecule has 3 N–H and O–H groups in total. The third-order valence-electron chi connectivity index (χ3n) is 12.2. The van der Waals surface area contributed by atoms with Gasteiger partial charge in [0.2, 0.25) is 5.88 Å². The summed E-state index contributed by atoms with van der Waals surface area (Å²) < 4.78 is 31.5. The normalized spacial score (nSPS) is 19.0. The van der Waals surface area contributed by atoms with Crippen LogP contribution in [0, 0.1) is 11.2 Å². The van der Waals surface area contributed by atoms with Crippen LogP contribution in [0.1, 0.15) is 78.5 Å². The number of piperidine rings is 1. The molecule has 2 aromatic carbocycles. The van der Waals surface area contributed by atoms with Crippen LogP contribution in [0.5, 0.6) is 23.3 Å². The molecule has 56 heavy (non-hydrogen) atoms. The number of piperazine rings is 1. The van der Waals surface area contributed by atoms with E-state index in [1.165, 1.54) is 48.9 Å². The SMILES string of the molecule is COc1cc(CN2CCN(C3CC4(CCN(c5ccc(C(=O)NO)c(Oc6cc7c(F)c[nH]c7nc6OC)c5)CC4)C3)[C@H](c3ccccc3C(C)C)C2)ccn1. The number of ether oxygens (including phenoxy) is 3. The molecule has 3 aliphatic rings. The van der Waals surface area contributed by atoms with Gasteiger partial charge in [0.15, 0.2) is 5.75 Å². The van der Waals surface area contributed by atoms with Crippen LogP contribution in [-0.2, 0) is 6.54 Å². The van der Waals surface area contributed by atoms with Crippen molar-refractivity contribution in [2.75, 3.05) is 51.8 Å².